The fourth-order valence-electron chi connectivity index (χ4n) is 2.16. The van der Waals surface area contributed by atoms with Crippen LogP contribution in [0.1, 0.15) is 16.7 Å². The molecular weight excluding hydrogens is 292 g/mol. The summed E-state index contributed by atoms with van der Waals surface area (Å²) in [6.07, 6.45) is 0. The molecule has 0 heterocycles. The third-order valence-electron chi connectivity index (χ3n) is 3.32. The molecule has 0 fully saturated rings. The molecule has 0 spiro atoms. The van der Waals surface area contributed by atoms with Gasteiger partial charge in [0.1, 0.15) is 12.4 Å². The van der Waals surface area contributed by atoms with Crippen LogP contribution in [0.4, 0.5) is 10.5 Å². The number of rotatable bonds is 4. The predicted molar refractivity (Wildman–Crippen MR) is 91.5 cm³/mol. The van der Waals surface area contributed by atoms with Crippen molar-refractivity contribution < 1.29 is 9.53 Å². The smallest absolute Gasteiger partial charge is 0.348 e. The van der Waals surface area contributed by atoms with Gasteiger partial charge in [-0.15, -0.1) is 0 Å². The number of urea groups is 1. The first-order valence-corrected chi connectivity index (χ1v) is 7.15. The van der Waals surface area contributed by atoms with Crippen LogP contribution in [0.15, 0.2) is 47.5 Å². The second-order valence-electron chi connectivity index (χ2n) is 5.12. The number of anilines is 1. The molecule has 120 valence electrons. The first-order chi connectivity index (χ1) is 11.0. The predicted octanol–water partition coefficient (Wildman–Crippen LogP) is 2.69. The Morgan fingerprint density at radius 2 is 1.83 bits per heavy atom. The molecule has 0 aliphatic rings. The van der Waals surface area contributed by atoms with Crippen molar-refractivity contribution in [2.45, 2.75) is 20.5 Å². The molecule has 0 aromatic heterocycles. The van der Waals surface area contributed by atoms with Crippen molar-refractivity contribution in [1.82, 2.24) is 0 Å². The average Bonchev–Trinajstić information content (AvgIpc) is 2.51. The second kappa shape index (κ2) is 7.31. The number of guanidine groups is 1. The van der Waals surface area contributed by atoms with E-state index in [9.17, 15) is 4.79 Å². The van der Waals surface area contributed by atoms with Crippen LogP contribution >= 0.6 is 0 Å². The summed E-state index contributed by atoms with van der Waals surface area (Å²) in [7, 11) is 0. The first-order valence-electron chi connectivity index (χ1n) is 7.15. The molecule has 0 saturated heterocycles. The summed E-state index contributed by atoms with van der Waals surface area (Å²) >= 11 is 0. The molecule has 2 amide bonds. The monoisotopic (exact) mass is 312 g/mol. The molecule has 23 heavy (non-hydrogen) atoms. The van der Waals surface area contributed by atoms with Crippen LogP contribution in [0.5, 0.6) is 5.75 Å². The lowest BCUT2D eigenvalue weighted by Gasteiger charge is -2.15. The summed E-state index contributed by atoms with van der Waals surface area (Å²) in [5.41, 5.74) is 13.8. The number of nitrogens with two attached hydrogens (primary N) is 2. The highest BCUT2D eigenvalue weighted by atomic mass is 16.5. The maximum atomic E-state index is 11.7. The van der Waals surface area contributed by atoms with Gasteiger partial charge in [0.15, 0.2) is 5.96 Å². The molecule has 0 saturated carbocycles. The molecule has 0 aliphatic heterocycles. The van der Waals surface area contributed by atoms with Gasteiger partial charge in [0.25, 0.3) is 0 Å². The lowest BCUT2D eigenvalue weighted by molar-refractivity contribution is 0.259. The Morgan fingerprint density at radius 1 is 1.13 bits per heavy atom. The Hall–Kier alpha value is -3.02. The van der Waals surface area contributed by atoms with Crippen LogP contribution in [-0.2, 0) is 6.61 Å². The second-order valence-corrected chi connectivity index (χ2v) is 5.12. The number of nitrogens with one attached hydrogen (secondary N) is 1. The third-order valence-corrected chi connectivity index (χ3v) is 3.32. The van der Waals surface area contributed by atoms with Crippen molar-refractivity contribution in [3.05, 3.63) is 59.2 Å². The zero-order valence-corrected chi connectivity index (χ0v) is 13.2. The van der Waals surface area contributed by atoms with Crippen molar-refractivity contribution in [3.8, 4) is 5.75 Å². The SMILES string of the molecule is Cc1ccc(OCc2ccccc2)c(C)c1NC(=O)N=C(N)N. The molecule has 2 aromatic rings. The van der Waals surface area contributed by atoms with Crippen molar-refractivity contribution in [2.24, 2.45) is 16.5 Å². The zero-order valence-electron chi connectivity index (χ0n) is 13.2. The van der Waals surface area contributed by atoms with E-state index in [1.54, 1.807) is 0 Å². The van der Waals surface area contributed by atoms with E-state index < -0.39 is 6.03 Å². The van der Waals surface area contributed by atoms with E-state index in [0.717, 1.165) is 16.7 Å². The van der Waals surface area contributed by atoms with Gasteiger partial charge in [-0.2, -0.15) is 4.99 Å². The molecule has 0 radical (unpaired) electrons. The standard InChI is InChI=1S/C17H20N4O2/c1-11-8-9-14(23-10-13-6-4-3-5-7-13)12(2)15(11)20-17(22)21-16(18)19/h3-9H,10H2,1-2H3,(H5,18,19,20,21,22). The highest BCUT2D eigenvalue weighted by Gasteiger charge is 2.11. The number of hydrogen-bond donors (Lipinski definition) is 3. The summed E-state index contributed by atoms with van der Waals surface area (Å²) in [5, 5.41) is 2.68. The van der Waals surface area contributed by atoms with E-state index >= 15 is 0 Å². The minimum absolute atomic E-state index is 0.283. The minimum Gasteiger partial charge on any atom is -0.489 e. The van der Waals surface area contributed by atoms with Crippen LogP contribution in [-0.4, -0.2) is 12.0 Å². The molecular formula is C17H20N4O2. The number of amides is 2. The summed E-state index contributed by atoms with van der Waals surface area (Å²) in [5.74, 6) is 0.411. The number of hydrogen-bond acceptors (Lipinski definition) is 2. The summed E-state index contributed by atoms with van der Waals surface area (Å²) in [4.78, 5) is 15.2. The Morgan fingerprint density at radius 3 is 2.48 bits per heavy atom. The lowest BCUT2D eigenvalue weighted by Crippen LogP contribution is -2.25. The molecule has 0 bridgehead atoms. The maximum Gasteiger partial charge on any atom is 0.348 e. The quantitative estimate of drug-likeness (QED) is 0.596. The van der Waals surface area contributed by atoms with Gasteiger partial charge < -0.3 is 21.5 Å². The zero-order chi connectivity index (χ0) is 16.8. The van der Waals surface area contributed by atoms with Crippen molar-refractivity contribution >= 4 is 17.7 Å². The largest absolute Gasteiger partial charge is 0.489 e. The summed E-state index contributed by atoms with van der Waals surface area (Å²) in [6, 6.07) is 13.0. The molecule has 6 nitrogen and oxygen atoms in total. The first kappa shape index (κ1) is 16.4. The van der Waals surface area contributed by atoms with Gasteiger partial charge in [0.2, 0.25) is 0 Å². The molecule has 0 aliphatic carbocycles. The summed E-state index contributed by atoms with van der Waals surface area (Å²) < 4.78 is 5.84. The number of ether oxygens (including phenoxy) is 1. The Balaban J connectivity index is 2.17. The van der Waals surface area contributed by atoms with Crippen LogP contribution in [0, 0.1) is 13.8 Å². The Bertz CT molecular complexity index is 723. The van der Waals surface area contributed by atoms with Crippen molar-refractivity contribution in [1.29, 1.82) is 0 Å². The highest BCUT2D eigenvalue weighted by molar-refractivity contribution is 5.99. The van der Waals surface area contributed by atoms with Gasteiger partial charge in [-0.25, -0.2) is 4.79 Å². The van der Waals surface area contributed by atoms with Gasteiger partial charge in [0, 0.05) is 5.56 Å². The fraction of sp³-hybridized carbons (Fsp3) is 0.176. The Labute approximate surface area is 135 Å². The van der Waals surface area contributed by atoms with Crippen molar-refractivity contribution in [2.75, 3.05) is 5.32 Å². The number of nitrogens with zero attached hydrogens (tertiary/aromatic N) is 1. The third kappa shape index (κ3) is 4.47. The van der Waals surface area contributed by atoms with E-state index in [2.05, 4.69) is 10.3 Å². The molecule has 0 unspecified atom stereocenters. The van der Waals surface area contributed by atoms with E-state index in [1.807, 2.05) is 56.3 Å². The van der Waals surface area contributed by atoms with Crippen LogP contribution in [0.2, 0.25) is 0 Å². The number of carbonyl (C=O) groups is 1. The average molecular weight is 312 g/mol. The minimum atomic E-state index is -0.614. The molecule has 2 rings (SSSR count). The van der Waals surface area contributed by atoms with E-state index in [1.165, 1.54) is 0 Å². The number of benzene rings is 2. The molecule has 0 atom stereocenters. The van der Waals surface area contributed by atoms with E-state index in [4.69, 9.17) is 16.2 Å². The van der Waals surface area contributed by atoms with Gasteiger partial charge >= 0.3 is 6.03 Å². The lowest BCUT2D eigenvalue weighted by atomic mass is 10.1. The van der Waals surface area contributed by atoms with Gasteiger partial charge in [0.05, 0.1) is 5.69 Å². The normalized spacial score (nSPS) is 10.0. The van der Waals surface area contributed by atoms with E-state index in [0.29, 0.717) is 18.0 Å². The van der Waals surface area contributed by atoms with Crippen LogP contribution in [0.25, 0.3) is 0 Å². The van der Waals surface area contributed by atoms with Crippen LogP contribution in [0.3, 0.4) is 0 Å². The summed E-state index contributed by atoms with van der Waals surface area (Å²) in [6.45, 7) is 4.21. The van der Waals surface area contributed by atoms with Crippen molar-refractivity contribution in [3.63, 3.8) is 0 Å². The maximum absolute atomic E-state index is 11.7. The highest BCUT2D eigenvalue weighted by Crippen LogP contribution is 2.29. The topological polar surface area (TPSA) is 103 Å². The van der Waals surface area contributed by atoms with Gasteiger partial charge in [-0.3, -0.25) is 0 Å². The Kier molecular flexibility index (Phi) is 5.19. The van der Waals surface area contributed by atoms with Gasteiger partial charge in [-0.1, -0.05) is 36.4 Å². The van der Waals surface area contributed by atoms with Crippen LogP contribution < -0.4 is 21.5 Å². The van der Waals surface area contributed by atoms with Gasteiger partial charge in [-0.05, 0) is 31.0 Å². The number of aliphatic imine (C=N–C) groups is 1. The number of carbonyl (C=O) groups excluding carboxylic acids is 1. The fourth-order valence-corrected chi connectivity index (χ4v) is 2.16. The number of aryl methyl sites for hydroxylation is 1. The molecule has 2 aromatic carbocycles. The molecule has 6 heteroatoms. The molecule has 5 N–H and O–H groups in total. The van der Waals surface area contributed by atoms with E-state index in [-0.39, 0.29) is 5.96 Å².